The van der Waals surface area contributed by atoms with Gasteiger partial charge in [0.1, 0.15) is 11.3 Å². The van der Waals surface area contributed by atoms with Crippen molar-refractivity contribution in [3.63, 3.8) is 0 Å². The quantitative estimate of drug-likeness (QED) is 0.0203. The van der Waals surface area contributed by atoms with Gasteiger partial charge in [0.2, 0.25) is 58.2 Å². The minimum atomic E-state index is -1.43. The summed E-state index contributed by atoms with van der Waals surface area (Å²) in [6.07, 6.45) is 3.72. The van der Waals surface area contributed by atoms with Crippen molar-refractivity contribution in [1.29, 1.82) is 5.26 Å². The molecule has 0 aliphatic rings. The number of aliphatic hydroxyl groups is 1. The molecule has 0 bridgehead atoms. The first kappa shape index (κ1) is 95.8. The molecule has 15 aromatic rings. The number of hydrogen-bond acceptors (Lipinski definition) is 45. The van der Waals surface area contributed by atoms with Crippen LogP contribution in [0.5, 0.6) is 0 Å². The second-order valence-electron chi connectivity index (χ2n) is 28.6. The molecule has 15 rings (SSSR count). The van der Waals surface area contributed by atoms with Crippen molar-refractivity contribution in [3.8, 4) is 57.9 Å². The van der Waals surface area contributed by atoms with Gasteiger partial charge in [-0.25, -0.2) is 47.1 Å². The van der Waals surface area contributed by atoms with Gasteiger partial charge in [-0.2, -0.15) is 28.7 Å². The van der Waals surface area contributed by atoms with E-state index in [2.05, 4.69) is 166 Å². The molecular weight excluding hydrogens is 1740 g/mol. The molecule has 0 aliphatic carbocycles. The van der Waals surface area contributed by atoms with Crippen molar-refractivity contribution < 1.29 is 71.1 Å². The van der Waals surface area contributed by atoms with Gasteiger partial charge in [-0.3, -0.25) is 9.59 Å². The van der Waals surface area contributed by atoms with E-state index in [9.17, 15) is 29.1 Å². The number of anilines is 6. The summed E-state index contributed by atoms with van der Waals surface area (Å²) in [7, 11) is 0. The Kier molecular flexibility index (Phi) is 32.8. The minimum Gasteiger partial charge on any atom is -0.461 e. The molecule has 12 heterocycles. The number of amides is 2. The van der Waals surface area contributed by atoms with Crippen LogP contribution in [-0.4, -0.2) is 208 Å². The lowest BCUT2D eigenvalue weighted by molar-refractivity contribution is 0.0470. The number of esters is 3. The third kappa shape index (κ3) is 23.6. The second-order valence-corrected chi connectivity index (χ2v) is 29.4. The van der Waals surface area contributed by atoms with Crippen LogP contribution in [0.15, 0.2) is 113 Å². The van der Waals surface area contributed by atoms with E-state index in [1.54, 1.807) is 39.0 Å². The summed E-state index contributed by atoms with van der Waals surface area (Å²) in [6, 6.07) is 27.0. The summed E-state index contributed by atoms with van der Waals surface area (Å²) in [6.45, 7) is 24.2. The van der Waals surface area contributed by atoms with Gasteiger partial charge in [0.15, 0.2) is 45.8 Å². The number of halogens is 2. The Balaban J connectivity index is 0.000000163. The molecule has 0 atom stereocenters. The zero-order valence-electron chi connectivity index (χ0n) is 71.7. The summed E-state index contributed by atoms with van der Waals surface area (Å²) >= 11 is 11.9. The van der Waals surface area contributed by atoms with E-state index in [1.165, 1.54) is 27.9 Å². The number of carbonyl (C=O) groups excluding carboxylic acids is 5. The van der Waals surface area contributed by atoms with Crippen LogP contribution in [0.4, 0.5) is 34.9 Å². The van der Waals surface area contributed by atoms with Crippen LogP contribution in [0.3, 0.4) is 0 Å². The van der Waals surface area contributed by atoms with Gasteiger partial charge in [0.25, 0.3) is 11.8 Å². The minimum absolute atomic E-state index is 0.0282. The Hall–Kier alpha value is -16.4. The lowest BCUT2D eigenvalue weighted by Crippen LogP contribution is -2.27. The number of nitrogens with zero attached hydrogens (tertiary/aromatic N) is 30. The molecule has 3 aromatic carbocycles. The largest absolute Gasteiger partial charge is 0.461 e. The number of benzene rings is 3. The Labute approximate surface area is 744 Å². The molecule has 130 heavy (non-hydrogen) atoms. The fourth-order valence-corrected chi connectivity index (χ4v) is 12.1. The number of hydrogen-bond donors (Lipinski definition) is 9. The van der Waals surface area contributed by atoms with Crippen LogP contribution >= 0.6 is 23.2 Å². The normalized spacial score (nSPS) is 11.0. The Bertz CT molecular complexity index is 6310. The number of aromatic nitrogens is 29. The van der Waals surface area contributed by atoms with Gasteiger partial charge in [0, 0.05) is 31.4 Å². The highest BCUT2D eigenvalue weighted by atomic mass is 35.5. The smallest absolute Gasteiger partial charge is 0.360 e. The predicted molar refractivity (Wildman–Crippen MR) is 453 cm³/mol. The zero-order chi connectivity index (χ0) is 94.0. The first-order valence-corrected chi connectivity index (χ1v) is 40.1. The van der Waals surface area contributed by atoms with Crippen molar-refractivity contribution >= 4 is 87.8 Å². The van der Waals surface area contributed by atoms with E-state index in [0.29, 0.717) is 63.9 Å². The highest BCUT2D eigenvalue weighted by Gasteiger charge is 2.35. The van der Waals surface area contributed by atoms with E-state index in [0.717, 1.165) is 44.7 Å². The highest BCUT2D eigenvalue weighted by molar-refractivity contribution is 6.42. The van der Waals surface area contributed by atoms with Crippen LogP contribution in [0.1, 0.15) is 181 Å². The van der Waals surface area contributed by atoms with E-state index >= 15 is 0 Å². The maximum atomic E-state index is 12.6. The fraction of sp³-hybridized carbons (Fsp3) is 0.347. The lowest BCUT2D eigenvalue weighted by atomic mass is 10.0. The Morgan fingerprint density at radius 1 is 0.500 bits per heavy atom. The van der Waals surface area contributed by atoms with E-state index in [1.807, 2.05) is 112 Å². The summed E-state index contributed by atoms with van der Waals surface area (Å²) in [5.74, 6) is -0.0950. The third-order valence-electron chi connectivity index (χ3n) is 17.4. The van der Waals surface area contributed by atoms with Crippen LogP contribution in [0.2, 0.25) is 10.0 Å². The molecular formula is C75H88Cl2N38O15. The number of ether oxygens (including phenoxy) is 3. The average Bonchev–Trinajstić information content (AvgIpc) is 1.62. The van der Waals surface area contributed by atoms with Crippen LogP contribution < -0.4 is 45.0 Å². The van der Waals surface area contributed by atoms with E-state index in [-0.39, 0.29) is 160 Å². The van der Waals surface area contributed by atoms with Crippen molar-refractivity contribution in [2.24, 2.45) is 11.8 Å². The SMILES string of the molecule is CC(C)Cn1cc(-c2ccccc2)nc1-c1nonc1N.CC(C)c1c(C(=O)NCc2ccc(Cl)c(Cl)c2)nnn1-c1nonc1N.CCOC(=O)c1nnn(-c2nonc2N)c1C(C)(C)O.CCOC(=O)c1nnn(-c2nonc2N)c1CC#N.CCOC(=O)c1nnn(-c2nonc2N)c1CC(C)C.CCc1c(C(=O)NCCc2ccccc2)nnn1-c1nonc1N. The van der Waals surface area contributed by atoms with Gasteiger partial charge in [0.05, 0.1) is 70.8 Å². The molecule has 2 amide bonds. The van der Waals surface area contributed by atoms with Gasteiger partial charge >= 0.3 is 17.9 Å². The number of rotatable bonds is 28. The molecule has 0 spiro atoms. The standard InChI is InChI=1S/C15H15Cl2N7O2.C15H17N7O2.C15H17N5O.C11H16N6O3.C10H14N6O4.C9H9N7O3/c1-7(2)12-11(20-23-24(12)14-13(18)21-26-22-14)15(25)19-6-8-3-4-9(16)10(17)5-8;1-2-11-12(18-21-22(11)14-13(16)19-24-20-14)15(23)17-9-8-10-6-4-3-5-7-10;1-10(2)8-20-9-12(11-6-4-3-5-7-11)17-15(20)13-14(16)19-21-18-13;1-4-19-11(18)8-7(5-6(2)3)17(16-13-8)10-9(12)14-20-15-10;1-4-19-9(17)5-6(10(2,3)18)16(15-12-5)8-7(11)13-20-14-8;1-2-18-9(17)6-5(3-4-10)16(15-12-6)8-7(11)13-19-14-8/h3-5,7H,6H2,1-2H3,(H2,18,21)(H,19,25);3-7H,2,8-9H2,1H3,(H2,16,19)(H,17,23);3-7,9-10H,8H2,1-2H3,(H2,16,19);6H,4-5H2,1-3H3,(H2,12,14);18H,4H2,1-3H3,(H2,11,13);2-3H2,1H3,(H2,11,13). The average molecular weight is 1830 g/mol. The Morgan fingerprint density at radius 3 is 1.40 bits per heavy atom. The molecule has 55 heteroatoms. The number of nitriles is 1. The lowest BCUT2D eigenvalue weighted by Gasteiger charge is -2.18. The van der Waals surface area contributed by atoms with Crippen LogP contribution in [0.25, 0.3) is 51.9 Å². The van der Waals surface area contributed by atoms with Crippen LogP contribution in [-0.2, 0) is 58.6 Å². The first-order chi connectivity index (χ1) is 62.3. The number of nitrogens with two attached hydrogens (primary N) is 6. The van der Waals surface area contributed by atoms with Gasteiger partial charge < -0.3 is 68.9 Å². The van der Waals surface area contributed by atoms with Crippen LogP contribution in [0, 0.1) is 23.2 Å². The number of imidazole rings is 1. The number of carbonyl (C=O) groups is 5. The summed E-state index contributed by atoms with van der Waals surface area (Å²) in [4.78, 5) is 65.0. The highest BCUT2D eigenvalue weighted by Crippen LogP contribution is 2.31. The molecule has 682 valence electrons. The van der Waals surface area contributed by atoms with Crippen molar-refractivity contribution in [1.82, 2.24) is 157 Å². The van der Waals surface area contributed by atoms with E-state index < -0.39 is 23.5 Å². The van der Waals surface area contributed by atoms with Gasteiger partial charge in [-0.1, -0.05) is 164 Å². The summed E-state index contributed by atoms with van der Waals surface area (Å²) in [5.41, 5.74) is 39.2. The van der Waals surface area contributed by atoms with Gasteiger partial charge in [-0.05, 0) is 157 Å². The molecule has 53 nitrogen and oxygen atoms in total. The molecule has 12 aromatic heterocycles. The van der Waals surface area contributed by atoms with Crippen molar-refractivity contribution in [3.05, 3.63) is 163 Å². The maximum Gasteiger partial charge on any atom is 0.360 e. The zero-order valence-corrected chi connectivity index (χ0v) is 73.2. The topological polar surface area (TPSA) is 742 Å². The summed E-state index contributed by atoms with van der Waals surface area (Å²) in [5, 5.41) is 107. The molecule has 0 aliphatic heterocycles. The third-order valence-corrected chi connectivity index (χ3v) is 18.1. The number of nitrogen functional groups attached to an aromatic ring is 6. The number of nitrogens with one attached hydrogen (secondary N) is 2. The molecule has 0 fully saturated rings. The van der Waals surface area contributed by atoms with E-state index in [4.69, 9.17) is 81.7 Å². The van der Waals surface area contributed by atoms with Crippen molar-refractivity contribution in [2.75, 3.05) is 60.8 Å². The molecule has 15 N–H and O–H groups in total. The predicted octanol–water partition coefficient (Wildman–Crippen LogP) is 5.92. The fourth-order valence-electron chi connectivity index (χ4n) is 11.8. The van der Waals surface area contributed by atoms with Gasteiger partial charge in [-0.15, -0.1) is 25.5 Å². The first-order valence-electron chi connectivity index (χ1n) is 39.4. The molecule has 0 saturated carbocycles. The second kappa shape index (κ2) is 44.5. The molecule has 0 saturated heterocycles. The molecule has 0 unspecified atom stereocenters. The maximum absolute atomic E-state index is 12.6. The Morgan fingerprint density at radius 2 is 0.938 bits per heavy atom. The molecule has 0 radical (unpaired) electrons. The summed E-state index contributed by atoms with van der Waals surface area (Å²) < 4.78 is 50.3. The monoisotopic (exact) mass is 1830 g/mol. The van der Waals surface area contributed by atoms with Crippen molar-refractivity contribution in [2.45, 2.75) is 133 Å².